The van der Waals surface area contributed by atoms with Gasteiger partial charge >= 0.3 is 0 Å². The lowest BCUT2D eigenvalue weighted by Crippen LogP contribution is -2.47. The Morgan fingerprint density at radius 2 is 2.00 bits per heavy atom. The molecular formula is C17H28N4O2. The van der Waals surface area contributed by atoms with E-state index < -0.39 is 0 Å². The molecule has 1 aromatic heterocycles. The van der Waals surface area contributed by atoms with Crippen LogP contribution in [-0.2, 0) is 9.53 Å². The zero-order valence-corrected chi connectivity index (χ0v) is 14.7. The Kier molecular flexibility index (Phi) is 4.73. The molecule has 6 nitrogen and oxygen atoms in total. The number of hydrogen-bond donors (Lipinski definition) is 0. The molecule has 6 heteroatoms. The van der Waals surface area contributed by atoms with Crippen LogP contribution in [0.15, 0.2) is 6.07 Å². The fourth-order valence-electron chi connectivity index (χ4n) is 3.92. The van der Waals surface area contributed by atoms with Crippen molar-refractivity contribution in [3.63, 3.8) is 0 Å². The minimum Gasteiger partial charge on any atom is -0.379 e. The highest BCUT2D eigenvalue weighted by Crippen LogP contribution is 2.25. The quantitative estimate of drug-likeness (QED) is 0.841. The highest BCUT2D eigenvalue weighted by Gasteiger charge is 2.38. The Morgan fingerprint density at radius 3 is 2.61 bits per heavy atom. The molecule has 0 aromatic carbocycles. The number of morpholine rings is 1. The monoisotopic (exact) mass is 320 g/mol. The third kappa shape index (κ3) is 3.28. The highest BCUT2D eigenvalue weighted by atomic mass is 16.5. The Hall–Kier alpha value is -1.40. The summed E-state index contributed by atoms with van der Waals surface area (Å²) >= 11 is 0. The summed E-state index contributed by atoms with van der Waals surface area (Å²) < 4.78 is 7.30. The Labute approximate surface area is 138 Å². The summed E-state index contributed by atoms with van der Waals surface area (Å²) in [4.78, 5) is 17.4. The van der Waals surface area contributed by atoms with E-state index in [4.69, 9.17) is 4.74 Å². The molecule has 0 saturated carbocycles. The second kappa shape index (κ2) is 6.61. The first kappa shape index (κ1) is 16.5. The number of ether oxygens (including phenoxy) is 1. The maximum Gasteiger partial charge on any atom is 0.247 e. The summed E-state index contributed by atoms with van der Waals surface area (Å²) in [6.45, 7) is 13.4. The van der Waals surface area contributed by atoms with E-state index in [9.17, 15) is 4.79 Å². The van der Waals surface area contributed by atoms with Crippen molar-refractivity contribution in [3.05, 3.63) is 17.5 Å². The first-order chi connectivity index (χ1) is 11.0. The van der Waals surface area contributed by atoms with Gasteiger partial charge in [0, 0.05) is 37.9 Å². The molecule has 2 aliphatic rings. The first-order valence-electron chi connectivity index (χ1n) is 8.60. The van der Waals surface area contributed by atoms with Gasteiger partial charge in [0.15, 0.2) is 0 Å². The summed E-state index contributed by atoms with van der Waals surface area (Å²) in [5, 5.41) is 4.47. The molecule has 0 bridgehead atoms. The SMILES string of the molecule is Cc1cc(C)n([C@H](C)C(=O)N2C[C@@H](N3CCOCC3)[C@@H](C)C2)n1. The van der Waals surface area contributed by atoms with Crippen molar-refractivity contribution < 1.29 is 9.53 Å². The van der Waals surface area contributed by atoms with Crippen LogP contribution in [0.1, 0.15) is 31.3 Å². The molecule has 1 amide bonds. The molecule has 0 spiro atoms. The normalized spacial score (nSPS) is 27.4. The van der Waals surface area contributed by atoms with Crippen molar-refractivity contribution in [1.82, 2.24) is 19.6 Å². The van der Waals surface area contributed by atoms with Gasteiger partial charge in [0.05, 0.1) is 18.9 Å². The molecule has 0 aliphatic carbocycles. The fraction of sp³-hybridized carbons (Fsp3) is 0.765. The zero-order chi connectivity index (χ0) is 16.6. The molecule has 3 rings (SSSR count). The van der Waals surface area contributed by atoms with Crippen LogP contribution in [0, 0.1) is 19.8 Å². The van der Waals surface area contributed by atoms with Crippen LogP contribution in [-0.4, -0.2) is 70.9 Å². The molecule has 2 saturated heterocycles. The minimum absolute atomic E-state index is 0.179. The van der Waals surface area contributed by atoms with Gasteiger partial charge in [0.1, 0.15) is 6.04 Å². The molecule has 128 valence electrons. The van der Waals surface area contributed by atoms with E-state index in [-0.39, 0.29) is 11.9 Å². The second-order valence-electron chi connectivity index (χ2n) is 6.98. The van der Waals surface area contributed by atoms with Gasteiger partial charge < -0.3 is 9.64 Å². The number of carbonyl (C=O) groups is 1. The fourth-order valence-corrected chi connectivity index (χ4v) is 3.92. The standard InChI is InChI=1S/C17H28N4O2/c1-12-10-20(11-16(12)19-5-7-23-8-6-19)17(22)15(4)21-14(3)9-13(2)18-21/h9,12,15-16H,5-8,10-11H2,1-4H3/t12-,15+,16+/m0/s1. The van der Waals surface area contributed by atoms with Crippen LogP contribution < -0.4 is 0 Å². The molecule has 3 heterocycles. The van der Waals surface area contributed by atoms with Gasteiger partial charge in [-0.2, -0.15) is 5.10 Å². The van der Waals surface area contributed by atoms with Gasteiger partial charge in [-0.15, -0.1) is 0 Å². The van der Waals surface area contributed by atoms with Crippen molar-refractivity contribution >= 4 is 5.91 Å². The van der Waals surface area contributed by atoms with E-state index >= 15 is 0 Å². The van der Waals surface area contributed by atoms with Crippen LogP contribution >= 0.6 is 0 Å². The molecule has 2 aliphatic heterocycles. The van der Waals surface area contributed by atoms with Gasteiger partial charge in [-0.3, -0.25) is 14.4 Å². The van der Waals surface area contributed by atoms with Gasteiger partial charge in [0.2, 0.25) is 5.91 Å². The number of rotatable bonds is 3. The van der Waals surface area contributed by atoms with Crippen molar-refractivity contribution in [2.45, 2.75) is 39.8 Å². The Balaban J connectivity index is 1.67. The molecule has 23 heavy (non-hydrogen) atoms. The van der Waals surface area contributed by atoms with Gasteiger partial charge in [0.25, 0.3) is 0 Å². The molecule has 0 unspecified atom stereocenters. The van der Waals surface area contributed by atoms with Crippen LogP contribution in [0.2, 0.25) is 0 Å². The smallest absolute Gasteiger partial charge is 0.247 e. The Bertz CT molecular complexity index is 565. The largest absolute Gasteiger partial charge is 0.379 e. The average Bonchev–Trinajstić information content (AvgIpc) is 3.09. The predicted octanol–water partition coefficient (Wildman–Crippen LogP) is 1.24. The lowest BCUT2D eigenvalue weighted by atomic mass is 10.0. The number of aromatic nitrogens is 2. The van der Waals surface area contributed by atoms with Crippen LogP contribution in [0.5, 0.6) is 0 Å². The number of amides is 1. The number of hydrogen-bond acceptors (Lipinski definition) is 4. The van der Waals surface area contributed by atoms with Gasteiger partial charge in [-0.25, -0.2) is 0 Å². The van der Waals surface area contributed by atoms with E-state index in [2.05, 4.69) is 16.9 Å². The van der Waals surface area contributed by atoms with E-state index in [0.29, 0.717) is 12.0 Å². The summed E-state index contributed by atoms with van der Waals surface area (Å²) in [6, 6.07) is 2.24. The topological polar surface area (TPSA) is 50.6 Å². The van der Waals surface area contributed by atoms with Crippen LogP contribution in [0.4, 0.5) is 0 Å². The van der Waals surface area contributed by atoms with Crippen LogP contribution in [0.3, 0.4) is 0 Å². The van der Waals surface area contributed by atoms with E-state index in [1.54, 1.807) is 0 Å². The maximum absolute atomic E-state index is 12.9. The van der Waals surface area contributed by atoms with E-state index in [1.165, 1.54) is 0 Å². The van der Waals surface area contributed by atoms with Crippen molar-refractivity contribution in [1.29, 1.82) is 0 Å². The number of likely N-dealkylation sites (tertiary alicyclic amines) is 1. The second-order valence-corrected chi connectivity index (χ2v) is 6.98. The van der Waals surface area contributed by atoms with Crippen LogP contribution in [0.25, 0.3) is 0 Å². The predicted molar refractivity (Wildman–Crippen MR) is 88.3 cm³/mol. The lowest BCUT2D eigenvalue weighted by molar-refractivity contribution is -0.133. The molecule has 0 N–H and O–H groups in total. The molecular weight excluding hydrogens is 292 g/mol. The number of aryl methyl sites for hydroxylation is 2. The maximum atomic E-state index is 12.9. The van der Waals surface area contributed by atoms with Crippen molar-refractivity contribution in [2.75, 3.05) is 39.4 Å². The zero-order valence-electron chi connectivity index (χ0n) is 14.7. The van der Waals surface area contributed by atoms with E-state index in [0.717, 1.165) is 50.8 Å². The molecule has 3 atom stereocenters. The Morgan fingerprint density at radius 1 is 1.30 bits per heavy atom. The van der Waals surface area contributed by atoms with Crippen molar-refractivity contribution in [2.24, 2.45) is 5.92 Å². The number of nitrogens with zero attached hydrogens (tertiary/aromatic N) is 4. The minimum atomic E-state index is -0.237. The summed E-state index contributed by atoms with van der Waals surface area (Å²) in [5.41, 5.74) is 2.00. The van der Waals surface area contributed by atoms with Gasteiger partial charge in [-0.05, 0) is 32.8 Å². The summed E-state index contributed by atoms with van der Waals surface area (Å²) in [6.07, 6.45) is 0. The molecule has 0 radical (unpaired) electrons. The lowest BCUT2D eigenvalue weighted by Gasteiger charge is -2.34. The van der Waals surface area contributed by atoms with Crippen molar-refractivity contribution in [3.8, 4) is 0 Å². The average molecular weight is 320 g/mol. The molecule has 1 aromatic rings. The molecule has 2 fully saturated rings. The number of carbonyl (C=O) groups excluding carboxylic acids is 1. The summed E-state index contributed by atoms with van der Waals surface area (Å²) in [5.74, 6) is 0.684. The highest BCUT2D eigenvalue weighted by molar-refractivity contribution is 5.80. The summed E-state index contributed by atoms with van der Waals surface area (Å²) in [7, 11) is 0. The third-order valence-corrected chi connectivity index (χ3v) is 5.17. The third-order valence-electron chi connectivity index (χ3n) is 5.17. The van der Waals surface area contributed by atoms with E-state index in [1.807, 2.05) is 36.4 Å². The first-order valence-corrected chi connectivity index (χ1v) is 8.60. The van der Waals surface area contributed by atoms with Gasteiger partial charge in [-0.1, -0.05) is 6.92 Å².